The number of hydrogen-bond acceptors (Lipinski definition) is 11. The molecule has 2 aliphatic rings. The average Bonchev–Trinajstić information content (AvgIpc) is 2.98. The van der Waals surface area contributed by atoms with Crippen molar-refractivity contribution in [3.8, 4) is 34.5 Å². The highest BCUT2D eigenvalue weighted by molar-refractivity contribution is 5.98. The Labute approximate surface area is 244 Å². The molecule has 12 nitrogen and oxygen atoms in total. The number of esters is 1. The van der Waals surface area contributed by atoms with Gasteiger partial charge in [-0.3, -0.25) is 19.3 Å². The molecule has 2 aromatic rings. The first kappa shape index (κ1) is 30.7. The number of carbonyl (C=O) groups excluding carboxylic acids is 3. The maximum Gasteiger partial charge on any atom is 0.308 e. The molecule has 1 fully saturated rings. The van der Waals surface area contributed by atoms with Gasteiger partial charge in [0.1, 0.15) is 25.9 Å². The topological polar surface area (TPSA) is 133 Å². The number of hydrogen-bond donors (Lipinski definition) is 1. The summed E-state index contributed by atoms with van der Waals surface area (Å²) in [6.45, 7) is 6.02. The van der Waals surface area contributed by atoms with Gasteiger partial charge in [0.2, 0.25) is 17.4 Å². The number of carbonyl (C=O) groups is 3. The highest BCUT2D eigenvalue weighted by Gasteiger charge is 2.25. The van der Waals surface area contributed by atoms with Crippen molar-refractivity contribution in [2.75, 3.05) is 66.8 Å². The standard InChI is InChI=1S/C30H36N2O10/c1-19(33)23-6-7-24(30-28(23)39-13-14-40-30)41-18-22(35)17-31-9-11-32(12-10-31)27(36)8-5-21-15-25(37-3)29(42-20(2)34)26(16-21)38-4/h5-8,15-16,22,35H,9-14,17-18H2,1-4H3. The number of rotatable bonds is 11. The number of ketones is 1. The summed E-state index contributed by atoms with van der Waals surface area (Å²) in [6.07, 6.45) is 2.34. The molecule has 2 aromatic carbocycles. The Morgan fingerprint density at radius 1 is 0.952 bits per heavy atom. The maximum atomic E-state index is 12.8. The molecule has 0 aromatic heterocycles. The molecule has 2 heterocycles. The van der Waals surface area contributed by atoms with Gasteiger partial charge in [0.15, 0.2) is 28.8 Å². The summed E-state index contributed by atoms with van der Waals surface area (Å²) in [4.78, 5) is 40.0. The average molecular weight is 585 g/mol. The van der Waals surface area contributed by atoms with Crippen molar-refractivity contribution < 1.29 is 47.9 Å². The second kappa shape index (κ2) is 14.1. The van der Waals surface area contributed by atoms with Crippen LogP contribution in [0.2, 0.25) is 0 Å². The third-order valence-electron chi connectivity index (χ3n) is 6.76. The highest BCUT2D eigenvalue weighted by Crippen LogP contribution is 2.42. The van der Waals surface area contributed by atoms with Crippen molar-refractivity contribution in [3.05, 3.63) is 41.5 Å². The van der Waals surface area contributed by atoms with Crippen LogP contribution in [0.5, 0.6) is 34.5 Å². The number of Topliss-reactive ketones (excluding diaryl/α,β-unsaturated/α-hetero) is 1. The fourth-order valence-corrected chi connectivity index (χ4v) is 4.70. The minimum absolute atomic E-state index is 0.0280. The zero-order chi connectivity index (χ0) is 30.2. The third-order valence-corrected chi connectivity index (χ3v) is 6.76. The van der Waals surface area contributed by atoms with Crippen LogP contribution in [-0.4, -0.2) is 105 Å². The number of aliphatic hydroxyl groups excluding tert-OH is 1. The molecule has 1 N–H and O–H groups in total. The van der Waals surface area contributed by atoms with Crippen molar-refractivity contribution in [1.82, 2.24) is 9.80 Å². The van der Waals surface area contributed by atoms with Gasteiger partial charge in [-0.05, 0) is 42.8 Å². The van der Waals surface area contributed by atoms with E-state index in [9.17, 15) is 19.5 Å². The Hall–Kier alpha value is -4.29. The first-order valence-electron chi connectivity index (χ1n) is 13.6. The minimum Gasteiger partial charge on any atom is -0.493 e. The molecule has 42 heavy (non-hydrogen) atoms. The second-order valence-electron chi connectivity index (χ2n) is 9.79. The van der Waals surface area contributed by atoms with E-state index in [1.54, 1.807) is 35.2 Å². The number of fused-ring (bicyclic) bond motifs is 1. The lowest BCUT2D eigenvalue weighted by Crippen LogP contribution is -2.50. The van der Waals surface area contributed by atoms with Gasteiger partial charge in [-0.2, -0.15) is 0 Å². The molecule has 0 bridgehead atoms. The van der Waals surface area contributed by atoms with Gasteiger partial charge in [-0.1, -0.05) is 0 Å². The Morgan fingerprint density at radius 2 is 1.60 bits per heavy atom. The van der Waals surface area contributed by atoms with Crippen LogP contribution in [0, 0.1) is 0 Å². The van der Waals surface area contributed by atoms with Crippen LogP contribution in [0.15, 0.2) is 30.3 Å². The third kappa shape index (κ3) is 7.51. The van der Waals surface area contributed by atoms with E-state index < -0.39 is 12.1 Å². The van der Waals surface area contributed by atoms with Crippen LogP contribution in [0.3, 0.4) is 0 Å². The first-order chi connectivity index (χ1) is 20.2. The number of benzene rings is 2. The Bertz CT molecular complexity index is 1310. The second-order valence-corrected chi connectivity index (χ2v) is 9.79. The number of nitrogens with zero attached hydrogens (tertiary/aromatic N) is 2. The molecule has 1 unspecified atom stereocenters. The predicted molar refractivity (Wildman–Crippen MR) is 152 cm³/mol. The quantitative estimate of drug-likeness (QED) is 0.180. The zero-order valence-corrected chi connectivity index (χ0v) is 24.2. The molecule has 2 aliphatic heterocycles. The number of ether oxygens (including phenoxy) is 6. The van der Waals surface area contributed by atoms with Gasteiger partial charge in [0, 0.05) is 45.7 Å². The summed E-state index contributed by atoms with van der Waals surface area (Å²) in [6, 6.07) is 6.58. The predicted octanol–water partition coefficient (Wildman–Crippen LogP) is 2.20. The molecule has 0 spiro atoms. The van der Waals surface area contributed by atoms with Gasteiger partial charge in [-0.15, -0.1) is 0 Å². The van der Waals surface area contributed by atoms with Crippen LogP contribution in [0.25, 0.3) is 6.08 Å². The molecule has 1 atom stereocenters. The lowest BCUT2D eigenvalue weighted by atomic mass is 10.1. The maximum absolute atomic E-state index is 12.8. The van der Waals surface area contributed by atoms with E-state index in [0.717, 1.165) is 0 Å². The van der Waals surface area contributed by atoms with Gasteiger partial charge in [0.25, 0.3) is 0 Å². The number of methoxy groups -OCH3 is 2. The zero-order valence-electron chi connectivity index (χ0n) is 24.2. The molecule has 0 radical (unpaired) electrons. The summed E-state index contributed by atoms with van der Waals surface area (Å²) < 4.78 is 33.0. The van der Waals surface area contributed by atoms with E-state index in [4.69, 9.17) is 28.4 Å². The van der Waals surface area contributed by atoms with Crippen LogP contribution < -0.4 is 28.4 Å². The summed E-state index contributed by atoms with van der Waals surface area (Å²) in [5, 5.41) is 10.6. The van der Waals surface area contributed by atoms with E-state index in [2.05, 4.69) is 4.90 Å². The number of β-amino-alcohol motifs (C(OH)–C–C–N with tert-alkyl or cyclic N) is 1. The SMILES string of the molecule is COc1cc(C=CC(=O)N2CCN(CC(O)COc3ccc(C(C)=O)c4c3OCCO4)CC2)cc(OC)c1OC(C)=O. The fraction of sp³-hybridized carbons (Fsp3) is 0.433. The van der Waals surface area contributed by atoms with Crippen LogP contribution in [0.1, 0.15) is 29.8 Å². The Morgan fingerprint density at radius 3 is 2.19 bits per heavy atom. The molecular weight excluding hydrogens is 548 g/mol. The monoisotopic (exact) mass is 584 g/mol. The fourth-order valence-electron chi connectivity index (χ4n) is 4.70. The highest BCUT2D eigenvalue weighted by atomic mass is 16.6. The largest absolute Gasteiger partial charge is 0.493 e. The lowest BCUT2D eigenvalue weighted by Gasteiger charge is -2.35. The first-order valence-corrected chi connectivity index (χ1v) is 13.6. The summed E-state index contributed by atoms with van der Waals surface area (Å²) in [5.74, 6) is 1.15. The molecule has 12 heteroatoms. The molecule has 226 valence electrons. The van der Waals surface area contributed by atoms with E-state index in [-0.39, 0.29) is 24.0 Å². The van der Waals surface area contributed by atoms with E-state index in [1.807, 2.05) is 0 Å². The summed E-state index contributed by atoms with van der Waals surface area (Å²) in [7, 11) is 2.90. The number of aliphatic hydroxyl groups is 1. The molecule has 1 saturated heterocycles. The van der Waals surface area contributed by atoms with Crippen molar-refractivity contribution >= 4 is 23.7 Å². The molecule has 4 rings (SSSR count). The summed E-state index contributed by atoms with van der Waals surface area (Å²) in [5.41, 5.74) is 1.07. The van der Waals surface area contributed by atoms with Crippen molar-refractivity contribution in [3.63, 3.8) is 0 Å². The normalized spacial score (nSPS) is 15.7. The van der Waals surface area contributed by atoms with E-state index in [0.29, 0.717) is 85.8 Å². The minimum atomic E-state index is -0.778. The van der Waals surface area contributed by atoms with Gasteiger partial charge >= 0.3 is 5.97 Å². The number of amides is 1. The summed E-state index contributed by atoms with van der Waals surface area (Å²) >= 11 is 0. The van der Waals surface area contributed by atoms with E-state index in [1.165, 1.54) is 34.1 Å². The molecule has 0 saturated carbocycles. The molecule has 1 amide bonds. The lowest BCUT2D eigenvalue weighted by molar-refractivity contribution is -0.132. The van der Waals surface area contributed by atoms with Crippen molar-refractivity contribution in [1.29, 1.82) is 0 Å². The number of piperazine rings is 1. The van der Waals surface area contributed by atoms with Crippen LogP contribution in [-0.2, 0) is 9.59 Å². The van der Waals surface area contributed by atoms with Crippen molar-refractivity contribution in [2.24, 2.45) is 0 Å². The van der Waals surface area contributed by atoms with Gasteiger partial charge in [-0.25, -0.2) is 0 Å². The molecular formula is C30H36N2O10. The molecule has 0 aliphatic carbocycles. The Kier molecular flexibility index (Phi) is 10.3. The van der Waals surface area contributed by atoms with E-state index >= 15 is 0 Å². The Balaban J connectivity index is 1.27. The van der Waals surface area contributed by atoms with Crippen molar-refractivity contribution in [2.45, 2.75) is 20.0 Å². The van der Waals surface area contributed by atoms with Gasteiger partial charge < -0.3 is 38.4 Å². The van der Waals surface area contributed by atoms with Crippen LogP contribution >= 0.6 is 0 Å². The van der Waals surface area contributed by atoms with Gasteiger partial charge in [0.05, 0.1) is 19.8 Å². The smallest absolute Gasteiger partial charge is 0.308 e. The van der Waals surface area contributed by atoms with Crippen LogP contribution in [0.4, 0.5) is 0 Å².